The Bertz CT molecular complexity index is 599. The van der Waals surface area contributed by atoms with Gasteiger partial charge in [0.25, 0.3) is 5.91 Å². The van der Waals surface area contributed by atoms with Crippen molar-refractivity contribution < 1.29 is 19.5 Å². The highest BCUT2D eigenvalue weighted by atomic mass is 16.4. The van der Waals surface area contributed by atoms with Crippen molar-refractivity contribution in [3.63, 3.8) is 0 Å². The number of anilines is 1. The molecule has 24 heavy (non-hydrogen) atoms. The molecule has 0 bridgehead atoms. The van der Waals surface area contributed by atoms with Crippen molar-refractivity contribution in [3.05, 3.63) is 29.3 Å². The molecule has 3 amide bonds. The fourth-order valence-corrected chi connectivity index (χ4v) is 1.95. The number of carbonyl (C=O) groups excluding carboxylic acids is 2. The summed E-state index contributed by atoms with van der Waals surface area (Å²) in [7, 11) is 0. The summed E-state index contributed by atoms with van der Waals surface area (Å²) < 4.78 is 0. The first-order valence-electron chi connectivity index (χ1n) is 7.95. The SMILES string of the molecule is Cc1cc(C(=O)NCC(C)C)ccc1NC(=O)NCCCC(=O)O. The Labute approximate surface area is 141 Å². The molecule has 0 saturated heterocycles. The van der Waals surface area contributed by atoms with E-state index in [9.17, 15) is 14.4 Å². The second-order valence-electron chi connectivity index (χ2n) is 6.01. The molecule has 1 aromatic carbocycles. The topological polar surface area (TPSA) is 108 Å². The van der Waals surface area contributed by atoms with Gasteiger partial charge >= 0.3 is 12.0 Å². The van der Waals surface area contributed by atoms with Crippen LogP contribution in [-0.2, 0) is 4.79 Å². The molecule has 0 radical (unpaired) electrons. The molecule has 0 fully saturated rings. The number of carboxylic acid groups (broad SMARTS) is 1. The first-order valence-corrected chi connectivity index (χ1v) is 7.95. The van der Waals surface area contributed by atoms with Gasteiger partial charge in [0.2, 0.25) is 0 Å². The Kier molecular flexibility index (Phi) is 7.74. The summed E-state index contributed by atoms with van der Waals surface area (Å²) in [4.78, 5) is 34.2. The number of nitrogens with one attached hydrogen (secondary N) is 3. The van der Waals surface area contributed by atoms with Crippen LogP contribution in [0.5, 0.6) is 0 Å². The van der Waals surface area contributed by atoms with Crippen molar-refractivity contribution in [2.75, 3.05) is 18.4 Å². The van der Waals surface area contributed by atoms with E-state index < -0.39 is 12.0 Å². The van der Waals surface area contributed by atoms with Crippen LogP contribution in [0.3, 0.4) is 0 Å². The molecule has 0 atom stereocenters. The molecule has 0 spiro atoms. The number of urea groups is 1. The third-order valence-electron chi connectivity index (χ3n) is 3.26. The molecule has 4 N–H and O–H groups in total. The fraction of sp³-hybridized carbons (Fsp3) is 0.471. The Morgan fingerprint density at radius 1 is 1.17 bits per heavy atom. The summed E-state index contributed by atoms with van der Waals surface area (Å²) in [6.45, 7) is 6.74. The first kappa shape index (κ1) is 19.5. The first-order chi connectivity index (χ1) is 11.3. The molecule has 0 saturated carbocycles. The Hall–Kier alpha value is -2.57. The number of aryl methyl sites for hydroxylation is 1. The smallest absolute Gasteiger partial charge is 0.319 e. The van der Waals surface area contributed by atoms with Gasteiger partial charge in [0.15, 0.2) is 0 Å². The number of rotatable bonds is 8. The third kappa shape index (κ3) is 7.13. The number of hydrogen-bond donors (Lipinski definition) is 4. The maximum absolute atomic E-state index is 12.0. The molecule has 1 rings (SSSR count). The van der Waals surface area contributed by atoms with Crippen molar-refractivity contribution in [1.29, 1.82) is 0 Å². The molecule has 0 aliphatic heterocycles. The van der Waals surface area contributed by atoms with Crippen LogP contribution in [0.4, 0.5) is 10.5 Å². The standard InChI is InChI=1S/C17H25N3O4/c1-11(2)10-19-16(23)13-6-7-14(12(3)9-13)20-17(24)18-8-4-5-15(21)22/h6-7,9,11H,4-5,8,10H2,1-3H3,(H,19,23)(H,21,22)(H2,18,20,24). The Morgan fingerprint density at radius 3 is 2.46 bits per heavy atom. The van der Waals surface area contributed by atoms with Crippen molar-refractivity contribution in [2.45, 2.75) is 33.6 Å². The number of carbonyl (C=O) groups is 3. The average molecular weight is 335 g/mol. The molecule has 7 heteroatoms. The van der Waals surface area contributed by atoms with Gasteiger partial charge in [-0.15, -0.1) is 0 Å². The average Bonchev–Trinajstić information content (AvgIpc) is 2.51. The van der Waals surface area contributed by atoms with Gasteiger partial charge in [0.1, 0.15) is 0 Å². The van der Waals surface area contributed by atoms with Gasteiger partial charge in [0, 0.05) is 30.8 Å². The summed E-state index contributed by atoms with van der Waals surface area (Å²) in [5, 5.41) is 16.6. The summed E-state index contributed by atoms with van der Waals surface area (Å²) in [6, 6.07) is 4.65. The minimum absolute atomic E-state index is 0.0134. The van der Waals surface area contributed by atoms with E-state index in [4.69, 9.17) is 5.11 Å². The molecule has 7 nitrogen and oxygen atoms in total. The van der Waals surface area contributed by atoms with E-state index in [-0.39, 0.29) is 18.9 Å². The van der Waals surface area contributed by atoms with Crippen LogP contribution in [0.15, 0.2) is 18.2 Å². The monoisotopic (exact) mass is 335 g/mol. The normalized spacial score (nSPS) is 10.3. The maximum atomic E-state index is 12.0. The van der Waals surface area contributed by atoms with E-state index in [1.165, 1.54) is 0 Å². The van der Waals surface area contributed by atoms with Gasteiger partial charge in [-0.2, -0.15) is 0 Å². The predicted octanol–water partition coefficient (Wildman–Crippen LogP) is 2.37. The van der Waals surface area contributed by atoms with Gasteiger partial charge in [0.05, 0.1) is 0 Å². The maximum Gasteiger partial charge on any atom is 0.319 e. The molecule has 132 valence electrons. The second-order valence-corrected chi connectivity index (χ2v) is 6.01. The van der Waals surface area contributed by atoms with Gasteiger partial charge in [-0.25, -0.2) is 4.79 Å². The highest BCUT2D eigenvalue weighted by Gasteiger charge is 2.10. The van der Waals surface area contributed by atoms with Crippen molar-refractivity contribution in [1.82, 2.24) is 10.6 Å². The molecular weight excluding hydrogens is 310 g/mol. The van der Waals surface area contributed by atoms with Crippen molar-refractivity contribution in [3.8, 4) is 0 Å². The lowest BCUT2D eigenvalue weighted by atomic mass is 10.1. The lowest BCUT2D eigenvalue weighted by Crippen LogP contribution is -2.30. The summed E-state index contributed by atoms with van der Waals surface area (Å²) in [5.41, 5.74) is 1.92. The Morgan fingerprint density at radius 2 is 1.88 bits per heavy atom. The van der Waals surface area contributed by atoms with Gasteiger partial charge in [-0.05, 0) is 43.0 Å². The number of hydrogen-bond acceptors (Lipinski definition) is 3. The third-order valence-corrected chi connectivity index (χ3v) is 3.26. The van der Waals surface area contributed by atoms with Crippen LogP contribution in [0.25, 0.3) is 0 Å². The van der Waals surface area contributed by atoms with Gasteiger partial charge < -0.3 is 21.1 Å². The quantitative estimate of drug-likeness (QED) is 0.547. The second kappa shape index (κ2) is 9.54. The molecule has 1 aromatic rings. The van der Waals surface area contributed by atoms with Crippen LogP contribution in [0.1, 0.15) is 42.6 Å². The molecule has 0 unspecified atom stereocenters. The Balaban J connectivity index is 2.53. The van der Waals surface area contributed by atoms with E-state index in [1.807, 2.05) is 13.8 Å². The zero-order valence-electron chi connectivity index (χ0n) is 14.3. The van der Waals surface area contributed by atoms with Crippen LogP contribution in [0, 0.1) is 12.8 Å². The number of carboxylic acids is 1. The van der Waals surface area contributed by atoms with E-state index >= 15 is 0 Å². The van der Waals surface area contributed by atoms with Crippen LogP contribution < -0.4 is 16.0 Å². The number of benzene rings is 1. The molecule has 0 heterocycles. The minimum Gasteiger partial charge on any atom is -0.481 e. The van der Waals surface area contributed by atoms with E-state index in [1.54, 1.807) is 25.1 Å². The van der Waals surface area contributed by atoms with E-state index in [0.29, 0.717) is 30.1 Å². The molecule has 0 aliphatic rings. The number of aliphatic carboxylic acids is 1. The zero-order valence-corrected chi connectivity index (χ0v) is 14.3. The lowest BCUT2D eigenvalue weighted by Gasteiger charge is -2.12. The highest BCUT2D eigenvalue weighted by Crippen LogP contribution is 2.16. The van der Waals surface area contributed by atoms with E-state index in [0.717, 1.165) is 5.56 Å². The van der Waals surface area contributed by atoms with Crippen LogP contribution in [-0.4, -0.2) is 36.1 Å². The molecule has 0 aromatic heterocycles. The molecule has 0 aliphatic carbocycles. The zero-order chi connectivity index (χ0) is 18.1. The number of amides is 3. The predicted molar refractivity (Wildman–Crippen MR) is 92.2 cm³/mol. The largest absolute Gasteiger partial charge is 0.481 e. The summed E-state index contributed by atoms with van der Waals surface area (Å²) in [6.07, 6.45) is 0.385. The summed E-state index contributed by atoms with van der Waals surface area (Å²) >= 11 is 0. The van der Waals surface area contributed by atoms with Crippen molar-refractivity contribution in [2.24, 2.45) is 5.92 Å². The van der Waals surface area contributed by atoms with Gasteiger partial charge in [-0.3, -0.25) is 9.59 Å². The van der Waals surface area contributed by atoms with Crippen LogP contribution >= 0.6 is 0 Å². The summed E-state index contributed by atoms with van der Waals surface area (Å²) in [5.74, 6) is -0.656. The van der Waals surface area contributed by atoms with Crippen LogP contribution in [0.2, 0.25) is 0 Å². The van der Waals surface area contributed by atoms with E-state index in [2.05, 4.69) is 16.0 Å². The molecular formula is C17H25N3O4. The highest BCUT2D eigenvalue weighted by molar-refractivity contribution is 5.96. The lowest BCUT2D eigenvalue weighted by molar-refractivity contribution is -0.137. The van der Waals surface area contributed by atoms with Gasteiger partial charge in [-0.1, -0.05) is 13.8 Å². The fourth-order valence-electron chi connectivity index (χ4n) is 1.95. The minimum atomic E-state index is -0.889. The van der Waals surface area contributed by atoms with Crippen molar-refractivity contribution >= 4 is 23.6 Å².